The zero-order valence-corrected chi connectivity index (χ0v) is 11.9. The van der Waals surface area contributed by atoms with Crippen molar-refractivity contribution in [2.24, 2.45) is 0 Å². The summed E-state index contributed by atoms with van der Waals surface area (Å²) in [5, 5.41) is 13.9. The van der Waals surface area contributed by atoms with E-state index in [1.165, 1.54) is 6.42 Å². The van der Waals surface area contributed by atoms with Gasteiger partial charge < -0.3 is 9.84 Å². The Hall–Kier alpha value is -1.72. The van der Waals surface area contributed by atoms with E-state index in [0.29, 0.717) is 18.6 Å². The van der Waals surface area contributed by atoms with Crippen molar-refractivity contribution in [3.63, 3.8) is 0 Å². The topological polar surface area (TPSA) is 60.2 Å². The molecule has 0 spiro atoms. The molecule has 0 unspecified atom stereocenters. The number of aliphatic hydroxyl groups excluding tert-OH is 1. The fourth-order valence-corrected chi connectivity index (χ4v) is 3.51. The van der Waals surface area contributed by atoms with Crippen LogP contribution in [-0.4, -0.2) is 38.7 Å². The van der Waals surface area contributed by atoms with Gasteiger partial charge in [0.25, 0.3) is 0 Å². The molecule has 0 saturated carbocycles. The predicted octanol–water partition coefficient (Wildman–Crippen LogP) is 1.97. The molecule has 1 N–H and O–H groups in total. The highest BCUT2D eigenvalue weighted by Crippen LogP contribution is 2.44. The van der Waals surface area contributed by atoms with E-state index in [0.717, 1.165) is 30.1 Å². The van der Waals surface area contributed by atoms with Gasteiger partial charge in [-0.15, -0.1) is 0 Å². The quantitative estimate of drug-likeness (QED) is 0.933. The van der Waals surface area contributed by atoms with Crippen LogP contribution in [0.5, 0.6) is 0 Å². The van der Waals surface area contributed by atoms with Crippen molar-refractivity contribution in [2.75, 3.05) is 6.61 Å². The van der Waals surface area contributed by atoms with Crippen LogP contribution in [-0.2, 0) is 11.3 Å². The van der Waals surface area contributed by atoms with E-state index in [1.807, 2.05) is 35.0 Å². The van der Waals surface area contributed by atoms with Gasteiger partial charge in [-0.25, -0.2) is 9.67 Å². The number of aliphatic hydroxyl groups is 1. The molecule has 2 saturated heterocycles. The first-order chi connectivity index (χ1) is 10.3. The van der Waals surface area contributed by atoms with Gasteiger partial charge in [0.15, 0.2) is 5.82 Å². The van der Waals surface area contributed by atoms with E-state index in [9.17, 15) is 5.11 Å². The molecule has 1 aromatic carbocycles. The van der Waals surface area contributed by atoms with E-state index in [1.54, 1.807) is 0 Å². The lowest BCUT2D eigenvalue weighted by Crippen LogP contribution is -2.20. The van der Waals surface area contributed by atoms with Crippen molar-refractivity contribution in [1.29, 1.82) is 0 Å². The van der Waals surface area contributed by atoms with Crippen molar-refractivity contribution >= 4 is 0 Å². The minimum absolute atomic E-state index is 0.0757. The minimum Gasteiger partial charge on any atom is -0.394 e. The fraction of sp³-hybridized carbons (Fsp3) is 0.500. The standard InChI is InChI=1S/C16H19N3O2/c20-9-8-19-16(13-10-12-6-7-14(13)21-12)17-15(18-19)11-4-2-1-3-5-11/h1-5,12-14,20H,6-10H2/t12-,13+,14+/m0/s1. The highest BCUT2D eigenvalue weighted by atomic mass is 16.5. The van der Waals surface area contributed by atoms with Crippen molar-refractivity contribution in [3.05, 3.63) is 36.2 Å². The number of fused-ring (bicyclic) bond motifs is 2. The second-order valence-electron chi connectivity index (χ2n) is 5.82. The van der Waals surface area contributed by atoms with Crippen LogP contribution in [0, 0.1) is 0 Å². The van der Waals surface area contributed by atoms with Gasteiger partial charge in [0.2, 0.25) is 0 Å². The molecule has 2 aliphatic rings. The minimum atomic E-state index is 0.0757. The van der Waals surface area contributed by atoms with Crippen LogP contribution in [0.25, 0.3) is 11.4 Å². The summed E-state index contributed by atoms with van der Waals surface area (Å²) in [6.07, 6.45) is 3.98. The first-order valence-corrected chi connectivity index (χ1v) is 7.61. The molecule has 4 rings (SSSR count). The monoisotopic (exact) mass is 285 g/mol. The molecule has 3 heterocycles. The van der Waals surface area contributed by atoms with E-state index in [-0.39, 0.29) is 12.7 Å². The van der Waals surface area contributed by atoms with Crippen molar-refractivity contribution < 1.29 is 9.84 Å². The molecule has 2 aromatic rings. The summed E-state index contributed by atoms with van der Waals surface area (Å²) in [5.74, 6) is 2.03. The second-order valence-corrected chi connectivity index (χ2v) is 5.82. The normalized spacial score (nSPS) is 27.4. The lowest BCUT2D eigenvalue weighted by Gasteiger charge is -2.18. The average Bonchev–Trinajstić information content (AvgIpc) is 3.23. The highest BCUT2D eigenvalue weighted by Gasteiger charge is 2.43. The Bertz CT molecular complexity index is 626. The fourth-order valence-electron chi connectivity index (χ4n) is 3.51. The lowest BCUT2D eigenvalue weighted by molar-refractivity contribution is 0.0993. The van der Waals surface area contributed by atoms with Gasteiger partial charge in [0.1, 0.15) is 5.82 Å². The van der Waals surface area contributed by atoms with Crippen molar-refractivity contribution in [3.8, 4) is 11.4 Å². The number of nitrogens with zero attached hydrogens (tertiary/aromatic N) is 3. The van der Waals surface area contributed by atoms with Crippen LogP contribution in [0.3, 0.4) is 0 Å². The Morgan fingerprint density at radius 2 is 2.10 bits per heavy atom. The van der Waals surface area contributed by atoms with Gasteiger partial charge >= 0.3 is 0 Å². The van der Waals surface area contributed by atoms with Crippen LogP contribution < -0.4 is 0 Å². The maximum absolute atomic E-state index is 9.28. The average molecular weight is 285 g/mol. The third kappa shape index (κ3) is 2.26. The van der Waals surface area contributed by atoms with E-state index in [2.05, 4.69) is 5.10 Å². The zero-order valence-electron chi connectivity index (χ0n) is 11.9. The Balaban J connectivity index is 1.70. The molecular weight excluding hydrogens is 266 g/mol. The summed E-state index contributed by atoms with van der Waals surface area (Å²) in [5.41, 5.74) is 1.01. The maximum Gasteiger partial charge on any atom is 0.181 e. The molecule has 1 aromatic heterocycles. The molecule has 0 amide bonds. The van der Waals surface area contributed by atoms with Crippen LogP contribution >= 0.6 is 0 Å². The van der Waals surface area contributed by atoms with Gasteiger partial charge in [-0.1, -0.05) is 30.3 Å². The number of rotatable bonds is 4. The number of aromatic nitrogens is 3. The van der Waals surface area contributed by atoms with E-state index >= 15 is 0 Å². The molecule has 2 aliphatic heterocycles. The number of benzene rings is 1. The van der Waals surface area contributed by atoms with Gasteiger partial charge in [-0.05, 0) is 19.3 Å². The van der Waals surface area contributed by atoms with Crippen LogP contribution in [0.15, 0.2) is 30.3 Å². The number of ether oxygens (including phenoxy) is 1. The summed E-state index contributed by atoms with van der Waals surface area (Å²) in [6, 6.07) is 9.99. The second kappa shape index (κ2) is 5.24. The van der Waals surface area contributed by atoms with Gasteiger partial charge in [0, 0.05) is 11.5 Å². The summed E-state index contributed by atoms with van der Waals surface area (Å²) in [6.45, 7) is 0.565. The molecule has 5 heteroatoms. The zero-order chi connectivity index (χ0) is 14.2. The summed E-state index contributed by atoms with van der Waals surface area (Å²) < 4.78 is 7.80. The molecule has 0 radical (unpaired) electrons. The number of hydrogen-bond donors (Lipinski definition) is 1. The molecule has 2 fully saturated rings. The van der Waals surface area contributed by atoms with E-state index in [4.69, 9.17) is 9.72 Å². The van der Waals surface area contributed by atoms with Gasteiger partial charge in [-0.2, -0.15) is 5.10 Å². The maximum atomic E-state index is 9.28. The Morgan fingerprint density at radius 1 is 1.24 bits per heavy atom. The van der Waals surface area contributed by atoms with Gasteiger partial charge in [-0.3, -0.25) is 0 Å². The first kappa shape index (κ1) is 13.0. The Labute approximate surface area is 123 Å². The Kier molecular flexibility index (Phi) is 3.24. The predicted molar refractivity (Wildman–Crippen MR) is 77.8 cm³/mol. The van der Waals surface area contributed by atoms with Crippen LogP contribution in [0.2, 0.25) is 0 Å². The Morgan fingerprint density at radius 3 is 2.76 bits per heavy atom. The van der Waals surface area contributed by atoms with Crippen molar-refractivity contribution in [1.82, 2.24) is 14.8 Å². The van der Waals surface area contributed by atoms with Crippen molar-refractivity contribution in [2.45, 2.75) is 43.9 Å². The molecule has 3 atom stereocenters. The first-order valence-electron chi connectivity index (χ1n) is 7.61. The summed E-state index contributed by atoms with van der Waals surface area (Å²) in [4.78, 5) is 4.76. The van der Waals surface area contributed by atoms with Crippen LogP contribution in [0.4, 0.5) is 0 Å². The smallest absolute Gasteiger partial charge is 0.181 e. The lowest BCUT2D eigenvalue weighted by atomic mass is 9.88. The highest BCUT2D eigenvalue weighted by molar-refractivity contribution is 5.54. The molecule has 110 valence electrons. The molecule has 2 bridgehead atoms. The summed E-state index contributed by atoms with van der Waals surface area (Å²) >= 11 is 0. The van der Waals surface area contributed by atoms with E-state index < -0.39 is 0 Å². The third-order valence-corrected chi connectivity index (χ3v) is 4.48. The SMILES string of the molecule is OCCn1nc(-c2ccccc2)nc1[C@@H]1C[C@@H]2CC[C@H]1O2. The number of hydrogen-bond acceptors (Lipinski definition) is 4. The molecule has 0 aliphatic carbocycles. The molecular formula is C16H19N3O2. The van der Waals surface area contributed by atoms with Crippen LogP contribution in [0.1, 0.15) is 31.0 Å². The summed E-state index contributed by atoms with van der Waals surface area (Å²) in [7, 11) is 0. The largest absolute Gasteiger partial charge is 0.394 e. The molecule has 5 nitrogen and oxygen atoms in total. The van der Waals surface area contributed by atoms with Gasteiger partial charge in [0.05, 0.1) is 25.4 Å². The molecule has 21 heavy (non-hydrogen) atoms. The third-order valence-electron chi connectivity index (χ3n) is 4.48.